The molecule has 0 radical (unpaired) electrons. The Morgan fingerprint density at radius 3 is 2.94 bits per heavy atom. The molecule has 2 aromatic rings. The van der Waals surface area contributed by atoms with Crippen molar-refractivity contribution < 1.29 is 0 Å². The van der Waals surface area contributed by atoms with E-state index in [-0.39, 0.29) is 5.95 Å². The van der Waals surface area contributed by atoms with E-state index in [4.69, 9.17) is 5.73 Å². The van der Waals surface area contributed by atoms with Gasteiger partial charge < -0.3 is 11.1 Å². The van der Waals surface area contributed by atoms with Gasteiger partial charge in [-0.15, -0.1) is 0 Å². The lowest BCUT2D eigenvalue weighted by atomic mass is 10.3. The zero-order valence-corrected chi connectivity index (χ0v) is 12.8. The maximum atomic E-state index is 5.58. The van der Waals surface area contributed by atoms with Crippen LogP contribution in [0.4, 0.5) is 17.5 Å². The Balaban J connectivity index is 2.37. The molecule has 3 N–H and O–H groups in total. The number of anilines is 3. The predicted molar refractivity (Wildman–Crippen MR) is 81.3 cm³/mol. The van der Waals surface area contributed by atoms with Crippen LogP contribution < -0.4 is 11.1 Å². The summed E-state index contributed by atoms with van der Waals surface area (Å²) in [5.74, 6) is 0.997. The van der Waals surface area contributed by atoms with E-state index < -0.39 is 0 Å². The third-order valence-corrected chi connectivity index (χ3v) is 3.61. The van der Waals surface area contributed by atoms with Gasteiger partial charge in [-0.2, -0.15) is 4.98 Å². The fourth-order valence-electron chi connectivity index (χ4n) is 1.30. The van der Waals surface area contributed by atoms with Crippen LogP contribution in [0.2, 0.25) is 0 Å². The van der Waals surface area contributed by atoms with Gasteiger partial charge in [0.2, 0.25) is 5.95 Å². The first-order valence-corrected chi connectivity index (χ1v) is 6.74. The van der Waals surface area contributed by atoms with Crippen LogP contribution in [0.5, 0.6) is 0 Å². The number of nitrogens with two attached hydrogens (primary N) is 1. The molecule has 6 heteroatoms. The number of nitrogens with one attached hydrogen (secondary N) is 1. The van der Waals surface area contributed by atoms with Crippen molar-refractivity contribution in [3.05, 3.63) is 38.0 Å². The normalized spacial score (nSPS) is 10.3. The van der Waals surface area contributed by atoms with Crippen molar-refractivity contribution in [2.75, 3.05) is 11.1 Å². The summed E-state index contributed by atoms with van der Waals surface area (Å²) < 4.78 is 2.13. The van der Waals surface area contributed by atoms with Crippen molar-refractivity contribution in [1.29, 1.82) is 0 Å². The van der Waals surface area contributed by atoms with E-state index in [1.54, 1.807) is 6.20 Å². The highest BCUT2D eigenvalue weighted by atomic mass is 127. The average molecular weight is 405 g/mol. The van der Waals surface area contributed by atoms with Gasteiger partial charge in [-0.1, -0.05) is 15.9 Å². The zero-order valence-electron chi connectivity index (χ0n) is 9.04. The molecule has 0 amide bonds. The topological polar surface area (TPSA) is 63.8 Å². The number of aromatic nitrogens is 2. The van der Waals surface area contributed by atoms with Gasteiger partial charge in [-0.3, -0.25) is 0 Å². The molecule has 1 aromatic carbocycles. The van der Waals surface area contributed by atoms with E-state index in [1.165, 1.54) is 0 Å². The van der Waals surface area contributed by atoms with E-state index in [1.807, 2.05) is 25.1 Å². The molecule has 0 spiro atoms. The lowest BCUT2D eigenvalue weighted by Crippen LogP contribution is -2.02. The minimum Gasteiger partial charge on any atom is -0.368 e. The molecule has 0 saturated heterocycles. The molecule has 0 atom stereocenters. The maximum Gasteiger partial charge on any atom is 0.221 e. The van der Waals surface area contributed by atoms with E-state index in [0.717, 1.165) is 25.1 Å². The Morgan fingerprint density at radius 1 is 1.41 bits per heavy atom. The maximum absolute atomic E-state index is 5.58. The van der Waals surface area contributed by atoms with Crippen LogP contribution in [-0.4, -0.2) is 9.97 Å². The first-order valence-electron chi connectivity index (χ1n) is 4.87. The molecule has 17 heavy (non-hydrogen) atoms. The average Bonchev–Trinajstić information content (AvgIpc) is 2.28. The van der Waals surface area contributed by atoms with Crippen molar-refractivity contribution in [1.82, 2.24) is 9.97 Å². The van der Waals surface area contributed by atoms with Gasteiger partial charge in [-0.25, -0.2) is 4.98 Å². The second-order valence-electron chi connectivity index (χ2n) is 3.51. The predicted octanol–water partition coefficient (Wildman–Crippen LogP) is 3.48. The molecule has 0 aliphatic heterocycles. The summed E-state index contributed by atoms with van der Waals surface area (Å²) in [6.07, 6.45) is 1.70. The smallest absolute Gasteiger partial charge is 0.221 e. The van der Waals surface area contributed by atoms with Crippen molar-refractivity contribution in [3.63, 3.8) is 0 Å². The fourth-order valence-corrected chi connectivity index (χ4v) is 2.13. The number of hydrogen-bond acceptors (Lipinski definition) is 4. The first-order chi connectivity index (χ1) is 8.06. The van der Waals surface area contributed by atoms with Crippen LogP contribution in [-0.2, 0) is 0 Å². The lowest BCUT2D eigenvalue weighted by Gasteiger charge is -2.10. The van der Waals surface area contributed by atoms with Crippen molar-refractivity contribution in [2.45, 2.75) is 6.92 Å². The Bertz CT molecular complexity index is 510. The molecule has 0 bridgehead atoms. The lowest BCUT2D eigenvalue weighted by molar-refractivity contribution is 1.14. The molecule has 1 heterocycles. The molecule has 1 aromatic heterocycles. The van der Waals surface area contributed by atoms with E-state index >= 15 is 0 Å². The SMILES string of the molecule is Cc1cnc(N)nc1Nc1cc(Br)ccc1I. The van der Waals surface area contributed by atoms with Gasteiger partial charge in [0.05, 0.1) is 5.69 Å². The van der Waals surface area contributed by atoms with Gasteiger partial charge >= 0.3 is 0 Å². The van der Waals surface area contributed by atoms with E-state index in [9.17, 15) is 0 Å². The number of hydrogen-bond donors (Lipinski definition) is 2. The molecule has 0 aliphatic rings. The van der Waals surface area contributed by atoms with Crippen molar-refractivity contribution >= 4 is 56.0 Å². The highest BCUT2D eigenvalue weighted by molar-refractivity contribution is 14.1. The van der Waals surface area contributed by atoms with E-state index in [2.05, 4.69) is 53.8 Å². The quantitative estimate of drug-likeness (QED) is 0.752. The van der Waals surface area contributed by atoms with Crippen LogP contribution in [0.25, 0.3) is 0 Å². The van der Waals surface area contributed by atoms with Crippen molar-refractivity contribution in [3.8, 4) is 0 Å². The summed E-state index contributed by atoms with van der Waals surface area (Å²) in [7, 11) is 0. The number of rotatable bonds is 2. The number of halogens is 2. The zero-order chi connectivity index (χ0) is 12.4. The molecule has 0 fully saturated rings. The van der Waals surface area contributed by atoms with Crippen LogP contribution in [0.1, 0.15) is 5.56 Å². The molecular weight excluding hydrogens is 395 g/mol. The Morgan fingerprint density at radius 2 is 2.18 bits per heavy atom. The standard InChI is InChI=1S/C11H10BrIN4/c1-6-5-15-11(14)17-10(6)16-9-4-7(12)2-3-8(9)13/h2-5H,1H3,(H3,14,15,16,17). The van der Waals surface area contributed by atoms with Gasteiger partial charge in [0, 0.05) is 19.8 Å². The summed E-state index contributed by atoms with van der Waals surface area (Å²) in [5.41, 5.74) is 7.52. The highest BCUT2D eigenvalue weighted by Gasteiger charge is 2.05. The number of nitrogen functional groups attached to an aromatic ring is 1. The summed E-state index contributed by atoms with van der Waals surface area (Å²) in [6, 6.07) is 6.01. The summed E-state index contributed by atoms with van der Waals surface area (Å²) >= 11 is 5.71. The van der Waals surface area contributed by atoms with Crippen LogP contribution in [0.15, 0.2) is 28.9 Å². The minimum atomic E-state index is 0.267. The molecule has 4 nitrogen and oxygen atoms in total. The van der Waals surface area contributed by atoms with Gasteiger partial charge in [0.15, 0.2) is 0 Å². The van der Waals surface area contributed by atoms with E-state index in [0.29, 0.717) is 0 Å². The van der Waals surface area contributed by atoms with Crippen LogP contribution in [0.3, 0.4) is 0 Å². The first kappa shape index (κ1) is 12.6. The largest absolute Gasteiger partial charge is 0.368 e. The molecule has 0 saturated carbocycles. The third kappa shape index (κ3) is 3.06. The number of nitrogens with zero attached hydrogens (tertiary/aromatic N) is 2. The second-order valence-corrected chi connectivity index (χ2v) is 5.59. The van der Waals surface area contributed by atoms with Gasteiger partial charge in [0.1, 0.15) is 5.82 Å². The summed E-state index contributed by atoms with van der Waals surface area (Å²) in [6.45, 7) is 1.94. The Labute approximate surface area is 121 Å². The third-order valence-electron chi connectivity index (χ3n) is 2.17. The van der Waals surface area contributed by atoms with Gasteiger partial charge in [-0.05, 0) is 47.7 Å². The Hall–Kier alpha value is -0.890. The summed E-state index contributed by atoms with van der Waals surface area (Å²) in [4.78, 5) is 8.11. The fraction of sp³-hybridized carbons (Fsp3) is 0.0909. The molecule has 0 unspecified atom stereocenters. The summed E-state index contributed by atoms with van der Waals surface area (Å²) in [5, 5.41) is 3.25. The number of benzene rings is 1. The van der Waals surface area contributed by atoms with Gasteiger partial charge in [0.25, 0.3) is 0 Å². The molecular formula is C11H10BrIN4. The highest BCUT2D eigenvalue weighted by Crippen LogP contribution is 2.26. The Kier molecular flexibility index (Phi) is 3.82. The molecule has 88 valence electrons. The van der Waals surface area contributed by atoms with Crippen LogP contribution >= 0.6 is 38.5 Å². The minimum absolute atomic E-state index is 0.267. The number of aryl methyl sites for hydroxylation is 1. The van der Waals surface area contributed by atoms with Crippen LogP contribution in [0, 0.1) is 10.5 Å². The second kappa shape index (κ2) is 5.18. The van der Waals surface area contributed by atoms with Crippen molar-refractivity contribution in [2.24, 2.45) is 0 Å². The monoisotopic (exact) mass is 404 g/mol. The molecule has 0 aliphatic carbocycles. The molecule has 2 rings (SSSR count).